The Bertz CT molecular complexity index is 1590. The number of aliphatic imine (C=N–C) groups is 1. The van der Waals surface area contributed by atoms with Crippen LogP contribution in [0.25, 0.3) is 10.9 Å². The van der Waals surface area contributed by atoms with Crippen LogP contribution >= 0.6 is 19.4 Å². The molecular weight excluding hydrogens is 552 g/mol. The molecule has 202 valence electrons. The van der Waals surface area contributed by atoms with Crippen LogP contribution in [0.2, 0.25) is 5.02 Å². The number of benzene rings is 3. The fourth-order valence-electron chi connectivity index (χ4n) is 3.73. The maximum Gasteiger partial charge on any atom is 0.469 e. The van der Waals surface area contributed by atoms with E-state index in [1.54, 1.807) is 48.5 Å². The fraction of sp³-hybridized carbons (Fsp3) is 0.160. The summed E-state index contributed by atoms with van der Waals surface area (Å²) in [5.74, 6) is 0.639. The van der Waals surface area contributed by atoms with E-state index in [1.165, 1.54) is 18.5 Å². The highest BCUT2D eigenvalue weighted by Gasteiger charge is 2.23. The third kappa shape index (κ3) is 7.20. The van der Waals surface area contributed by atoms with Crippen molar-refractivity contribution < 1.29 is 32.7 Å². The monoisotopic (exact) mass is 573 g/mol. The number of fused-ring (bicyclic) bond motifs is 1. The van der Waals surface area contributed by atoms with Crippen molar-refractivity contribution in [1.29, 1.82) is 0 Å². The summed E-state index contributed by atoms with van der Waals surface area (Å²) in [6.07, 6.45) is 1.44. The van der Waals surface area contributed by atoms with E-state index in [0.717, 1.165) is 0 Å². The van der Waals surface area contributed by atoms with Crippen LogP contribution in [-0.4, -0.2) is 45.0 Å². The first-order valence-corrected chi connectivity index (χ1v) is 13.5. The van der Waals surface area contributed by atoms with Crippen molar-refractivity contribution in [3.05, 3.63) is 83.4 Å². The number of amidine groups is 1. The van der Waals surface area contributed by atoms with Crippen LogP contribution in [0.5, 0.6) is 5.75 Å². The SMILES string of the molecule is O=P(O)(O)OCC1COC(Nc2ccc3ncnc(Nc4ccc(OCc5cccc(F)c5)c(Cl)c4)c3c2)=N1. The molecule has 1 unspecified atom stereocenters. The Balaban J connectivity index is 1.28. The summed E-state index contributed by atoms with van der Waals surface area (Å²) in [7, 11) is -4.58. The molecule has 5 rings (SSSR count). The van der Waals surface area contributed by atoms with Crippen molar-refractivity contribution in [2.24, 2.45) is 4.99 Å². The van der Waals surface area contributed by atoms with Gasteiger partial charge in [0, 0.05) is 16.8 Å². The van der Waals surface area contributed by atoms with Crippen molar-refractivity contribution in [1.82, 2.24) is 9.97 Å². The van der Waals surface area contributed by atoms with E-state index >= 15 is 0 Å². The van der Waals surface area contributed by atoms with E-state index in [2.05, 4.69) is 30.1 Å². The predicted octanol–water partition coefficient (Wildman–Crippen LogP) is 5.02. The van der Waals surface area contributed by atoms with Gasteiger partial charge in [-0.3, -0.25) is 4.52 Å². The van der Waals surface area contributed by atoms with Gasteiger partial charge in [0.25, 0.3) is 6.02 Å². The van der Waals surface area contributed by atoms with E-state index in [4.69, 9.17) is 30.9 Å². The Hall–Kier alpha value is -3.80. The van der Waals surface area contributed by atoms with E-state index in [0.29, 0.717) is 44.4 Å². The van der Waals surface area contributed by atoms with Gasteiger partial charge in [0.15, 0.2) is 0 Å². The third-order valence-corrected chi connectivity index (χ3v) is 6.29. The number of phosphoric acid groups is 1. The highest BCUT2D eigenvalue weighted by molar-refractivity contribution is 7.46. The second kappa shape index (κ2) is 11.5. The highest BCUT2D eigenvalue weighted by Crippen LogP contribution is 2.36. The predicted molar refractivity (Wildman–Crippen MR) is 144 cm³/mol. The van der Waals surface area contributed by atoms with Crippen LogP contribution in [-0.2, 0) is 20.4 Å². The molecule has 11 nitrogen and oxygen atoms in total. The third-order valence-electron chi connectivity index (χ3n) is 5.51. The molecule has 0 bridgehead atoms. The molecule has 0 spiro atoms. The van der Waals surface area contributed by atoms with E-state index in [1.807, 2.05) is 0 Å². The molecule has 39 heavy (non-hydrogen) atoms. The number of rotatable bonds is 9. The van der Waals surface area contributed by atoms with Crippen LogP contribution < -0.4 is 15.4 Å². The van der Waals surface area contributed by atoms with Crippen LogP contribution in [0, 0.1) is 5.82 Å². The van der Waals surface area contributed by atoms with Gasteiger partial charge in [0.05, 0.1) is 17.1 Å². The van der Waals surface area contributed by atoms with Crippen molar-refractivity contribution in [2.45, 2.75) is 12.6 Å². The molecule has 0 amide bonds. The molecule has 0 saturated carbocycles. The second-order valence-corrected chi connectivity index (χ2v) is 10.1. The topological polar surface area (TPSA) is 147 Å². The van der Waals surface area contributed by atoms with E-state index in [9.17, 15) is 8.96 Å². The van der Waals surface area contributed by atoms with Crippen LogP contribution in [0.4, 0.5) is 21.6 Å². The first-order valence-electron chi connectivity index (χ1n) is 11.6. The van der Waals surface area contributed by atoms with E-state index in [-0.39, 0.29) is 31.7 Å². The molecule has 1 aromatic heterocycles. The number of hydrogen-bond acceptors (Lipinski definition) is 9. The number of hydrogen-bond donors (Lipinski definition) is 4. The summed E-state index contributed by atoms with van der Waals surface area (Å²) < 4.78 is 40.0. The number of nitrogens with zero attached hydrogens (tertiary/aromatic N) is 3. The zero-order chi connectivity index (χ0) is 27.4. The molecule has 4 aromatic rings. The maximum atomic E-state index is 13.4. The van der Waals surface area contributed by atoms with Gasteiger partial charge in [-0.2, -0.15) is 0 Å². The van der Waals surface area contributed by atoms with Gasteiger partial charge in [-0.25, -0.2) is 23.9 Å². The standard InChI is InChI=1S/C25H22ClFN5O6P/c26-21-10-18(5-7-23(21)36-11-15-2-1-3-16(27)8-15)30-24-20-9-17(4-6-22(20)28-14-29-24)31-25-32-19(12-37-25)13-38-39(33,34)35/h1-10,14,19H,11-13H2,(H,31,32)(H,28,29,30)(H2,33,34,35). The zero-order valence-electron chi connectivity index (χ0n) is 20.1. The molecule has 1 atom stereocenters. The zero-order valence-corrected chi connectivity index (χ0v) is 21.8. The highest BCUT2D eigenvalue weighted by atomic mass is 35.5. The lowest BCUT2D eigenvalue weighted by molar-refractivity contribution is 0.175. The Morgan fingerprint density at radius 2 is 1.90 bits per heavy atom. The first kappa shape index (κ1) is 26.8. The lowest BCUT2D eigenvalue weighted by Gasteiger charge is -2.13. The second-order valence-electron chi connectivity index (χ2n) is 8.45. The minimum atomic E-state index is -4.58. The molecule has 0 aliphatic carbocycles. The Labute approximate surface area is 226 Å². The lowest BCUT2D eigenvalue weighted by Crippen LogP contribution is -2.14. The molecule has 14 heteroatoms. The average Bonchev–Trinajstić information content (AvgIpc) is 3.34. The smallest absolute Gasteiger partial charge is 0.469 e. The molecule has 2 heterocycles. The van der Waals surface area contributed by atoms with Gasteiger partial charge in [-0.05, 0) is 54.1 Å². The summed E-state index contributed by atoms with van der Waals surface area (Å²) in [6, 6.07) is 16.4. The van der Waals surface area contributed by atoms with Crippen LogP contribution in [0.1, 0.15) is 5.56 Å². The normalized spacial score (nSPS) is 15.1. The Morgan fingerprint density at radius 1 is 1.08 bits per heavy atom. The van der Waals surface area contributed by atoms with Gasteiger partial charge < -0.3 is 29.9 Å². The Kier molecular flexibility index (Phi) is 7.92. The minimum Gasteiger partial charge on any atom is -0.487 e. The number of phosphoric ester groups is 1. The molecular formula is C25H22ClFN5O6P. The summed E-state index contributed by atoms with van der Waals surface area (Å²) in [6.45, 7) is 0.0177. The molecule has 1 aliphatic heterocycles. The van der Waals surface area contributed by atoms with E-state index < -0.39 is 13.9 Å². The van der Waals surface area contributed by atoms with Gasteiger partial charge >= 0.3 is 7.82 Å². The Morgan fingerprint density at radius 3 is 2.69 bits per heavy atom. The number of nitrogens with one attached hydrogen (secondary N) is 2. The molecule has 0 radical (unpaired) electrons. The number of aromatic nitrogens is 2. The summed E-state index contributed by atoms with van der Waals surface area (Å²) in [4.78, 5) is 30.6. The number of anilines is 3. The van der Waals surface area contributed by atoms with Crippen molar-refractivity contribution >= 4 is 53.5 Å². The van der Waals surface area contributed by atoms with Crippen LogP contribution in [0.3, 0.4) is 0 Å². The van der Waals surface area contributed by atoms with Crippen LogP contribution in [0.15, 0.2) is 72.0 Å². The number of ether oxygens (including phenoxy) is 2. The average molecular weight is 574 g/mol. The number of halogens is 2. The molecule has 0 fully saturated rings. The van der Waals surface area contributed by atoms with Crippen molar-refractivity contribution in [3.63, 3.8) is 0 Å². The first-order chi connectivity index (χ1) is 18.7. The van der Waals surface area contributed by atoms with Crippen molar-refractivity contribution in [3.8, 4) is 5.75 Å². The van der Waals surface area contributed by atoms with Gasteiger partial charge in [-0.15, -0.1) is 0 Å². The van der Waals surface area contributed by atoms with Gasteiger partial charge in [0.2, 0.25) is 0 Å². The van der Waals surface area contributed by atoms with Gasteiger partial charge in [0.1, 0.15) is 43.0 Å². The minimum absolute atomic E-state index is 0.120. The lowest BCUT2D eigenvalue weighted by atomic mass is 10.2. The summed E-state index contributed by atoms with van der Waals surface area (Å²) in [5.41, 5.74) is 2.66. The largest absolute Gasteiger partial charge is 0.487 e. The van der Waals surface area contributed by atoms with Crippen molar-refractivity contribution in [2.75, 3.05) is 23.8 Å². The van der Waals surface area contributed by atoms with Gasteiger partial charge in [-0.1, -0.05) is 23.7 Å². The molecule has 4 N–H and O–H groups in total. The molecule has 1 aliphatic rings. The summed E-state index contributed by atoms with van der Waals surface area (Å²) >= 11 is 6.43. The fourth-order valence-corrected chi connectivity index (χ4v) is 4.33. The quantitative estimate of drug-likeness (QED) is 0.201. The molecule has 0 saturated heterocycles. The summed E-state index contributed by atoms with van der Waals surface area (Å²) in [5, 5.41) is 7.33. The maximum absolute atomic E-state index is 13.4. The molecule has 3 aromatic carbocycles.